The lowest BCUT2D eigenvalue weighted by Gasteiger charge is -2.10. The fraction of sp³-hybridized carbons (Fsp3) is 0.308. The van der Waals surface area contributed by atoms with Gasteiger partial charge in [0.25, 0.3) is 0 Å². The van der Waals surface area contributed by atoms with Crippen LogP contribution in [0.15, 0.2) is 33.0 Å². The van der Waals surface area contributed by atoms with Crippen molar-refractivity contribution in [3.63, 3.8) is 0 Å². The Morgan fingerprint density at radius 3 is 3.04 bits per heavy atom. The molecule has 1 saturated heterocycles. The number of hydrogen-bond donors (Lipinski definition) is 3. The van der Waals surface area contributed by atoms with Crippen molar-refractivity contribution in [3.05, 3.63) is 24.2 Å². The lowest BCUT2D eigenvalue weighted by atomic mass is 10.2. The normalized spacial score (nSPS) is 20.7. The van der Waals surface area contributed by atoms with Gasteiger partial charge in [-0.1, -0.05) is 11.8 Å². The summed E-state index contributed by atoms with van der Waals surface area (Å²) in [5, 5.41) is 20.7. The molecule has 1 aromatic rings. The zero-order valence-corrected chi connectivity index (χ0v) is 12.9. The summed E-state index contributed by atoms with van der Waals surface area (Å²) in [5.41, 5.74) is 0. The first-order chi connectivity index (χ1) is 11.0. The highest BCUT2D eigenvalue weighted by molar-refractivity contribution is 8.15. The zero-order valence-electron chi connectivity index (χ0n) is 12.1. The largest absolute Gasteiger partial charge is 0.480 e. The van der Waals surface area contributed by atoms with Crippen molar-refractivity contribution in [2.24, 2.45) is 10.2 Å². The minimum atomic E-state index is -1.14. The van der Waals surface area contributed by atoms with E-state index in [9.17, 15) is 14.4 Å². The molecule has 0 saturated carbocycles. The van der Waals surface area contributed by atoms with Crippen molar-refractivity contribution in [1.82, 2.24) is 10.6 Å². The van der Waals surface area contributed by atoms with Crippen LogP contribution in [0.3, 0.4) is 0 Å². The highest BCUT2D eigenvalue weighted by Gasteiger charge is 2.32. The molecule has 1 aliphatic rings. The molecule has 2 unspecified atom stereocenters. The van der Waals surface area contributed by atoms with Crippen LogP contribution in [0.2, 0.25) is 0 Å². The molecule has 0 aromatic carbocycles. The minimum absolute atomic E-state index is 0.144. The van der Waals surface area contributed by atoms with Crippen LogP contribution in [0.25, 0.3) is 0 Å². The van der Waals surface area contributed by atoms with E-state index in [4.69, 9.17) is 9.52 Å². The van der Waals surface area contributed by atoms with E-state index < -0.39 is 23.2 Å². The molecule has 1 aromatic heterocycles. The van der Waals surface area contributed by atoms with Gasteiger partial charge in [-0.3, -0.25) is 14.4 Å². The fourth-order valence-electron chi connectivity index (χ4n) is 1.62. The van der Waals surface area contributed by atoms with Crippen molar-refractivity contribution >= 4 is 40.9 Å². The summed E-state index contributed by atoms with van der Waals surface area (Å²) in [4.78, 5) is 34.1. The number of carbonyl (C=O) groups excluding carboxylic acids is 2. The van der Waals surface area contributed by atoms with Gasteiger partial charge in [0.2, 0.25) is 11.8 Å². The average molecular weight is 338 g/mol. The third-order valence-corrected chi connectivity index (χ3v) is 3.84. The second-order valence-corrected chi connectivity index (χ2v) is 5.78. The van der Waals surface area contributed by atoms with Crippen LogP contribution in [-0.4, -0.2) is 45.6 Å². The molecule has 122 valence electrons. The smallest absolute Gasteiger partial charge is 0.325 e. The van der Waals surface area contributed by atoms with Crippen LogP contribution < -0.4 is 10.6 Å². The molecule has 2 amide bonds. The van der Waals surface area contributed by atoms with Crippen LogP contribution >= 0.6 is 11.8 Å². The van der Waals surface area contributed by atoms with Gasteiger partial charge in [0.15, 0.2) is 5.17 Å². The number of rotatable bonds is 6. The van der Waals surface area contributed by atoms with Crippen LogP contribution in [0.1, 0.15) is 19.1 Å². The molecule has 0 bridgehead atoms. The first kappa shape index (κ1) is 16.7. The van der Waals surface area contributed by atoms with Crippen LogP contribution in [0.5, 0.6) is 0 Å². The van der Waals surface area contributed by atoms with Gasteiger partial charge in [-0.05, 0) is 19.1 Å². The summed E-state index contributed by atoms with van der Waals surface area (Å²) in [6, 6.07) is 2.39. The van der Waals surface area contributed by atoms with Gasteiger partial charge in [0.05, 0.1) is 12.5 Å². The maximum absolute atomic E-state index is 11.8. The minimum Gasteiger partial charge on any atom is -0.480 e. The number of carboxylic acid groups (broad SMARTS) is 1. The van der Waals surface area contributed by atoms with Gasteiger partial charge in [-0.15, -0.1) is 5.10 Å². The van der Waals surface area contributed by atoms with E-state index in [1.807, 2.05) is 0 Å². The molecule has 0 radical (unpaired) electrons. The van der Waals surface area contributed by atoms with E-state index in [1.165, 1.54) is 19.4 Å². The first-order valence-electron chi connectivity index (χ1n) is 6.60. The number of nitrogens with zero attached hydrogens (tertiary/aromatic N) is 2. The van der Waals surface area contributed by atoms with Gasteiger partial charge in [0, 0.05) is 6.42 Å². The topological polar surface area (TPSA) is 133 Å². The third kappa shape index (κ3) is 4.95. The number of amides is 2. The van der Waals surface area contributed by atoms with E-state index in [-0.39, 0.29) is 17.5 Å². The Balaban J connectivity index is 1.87. The predicted octanol–water partition coefficient (Wildman–Crippen LogP) is 0.180. The second kappa shape index (κ2) is 7.58. The van der Waals surface area contributed by atoms with Crippen molar-refractivity contribution in [3.8, 4) is 0 Å². The highest BCUT2D eigenvalue weighted by Crippen LogP contribution is 2.22. The Morgan fingerprint density at radius 2 is 2.39 bits per heavy atom. The third-order valence-electron chi connectivity index (χ3n) is 2.77. The molecule has 0 spiro atoms. The Bertz CT molecular complexity index is 655. The summed E-state index contributed by atoms with van der Waals surface area (Å²) in [5.74, 6) is -1.52. The molecule has 23 heavy (non-hydrogen) atoms. The molecule has 2 heterocycles. The molecule has 3 N–H and O–H groups in total. The Hall–Kier alpha value is -2.62. The van der Waals surface area contributed by atoms with Gasteiger partial charge < -0.3 is 20.2 Å². The number of carboxylic acids is 1. The van der Waals surface area contributed by atoms with Gasteiger partial charge in [0.1, 0.15) is 17.1 Å². The Kier molecular flexibility index (Phi) is 5.52. The van der Waals surface area contributed by atoms with E-state index in [0.717, 1.165) is 11.8 Å². The summed E-state index contributed by atoms with van der Waals surface area (Å²) >= 11 is 1.06. The first-order valence-corrected chi connectivity index (χ1v) is 7.48. The molecule has 10 heteroatoms. The number of aliphatic carboxylic acids is 1. The summed E-state index contributed by atoms with van der Waals surface area (Å²) in [7, 11) is 0. The van der Waals surface area contributed by atoms with Crippen molar-refractivity contribution < 1.29 is 23.9 Å². The number of carbonyl (C=O) groups is 3. The number of amidine groups is 1. The van der Waals surface area contributed by atoms with Gasteiger partial charge in [-0.25, -0.2) is 0 Å². The Labute approximate surface area is 135 Å². The predicted molar refractivity (Wildman–Crippen MR) is 83.1 cm³/mol. The second-order valence-electron chi connectivity index (χ2n) is 4.59. The quantitative estimate of drug-likeness (QED) is 0.500. The van der Waals surface area contributed by atoms with Crippen molar-refractivity contribution in [1.29, 1.82) is 0 Å². The molecule has 1 aliphatic heterocycles. The van der Waals surface area contributed by atoms with Crippen LogP contribution in [0.4, 0.5) is 0 Å². The molecule has 0 aliphatic carbocycles. The molecular weight excluding hydrogens is 324 g/mol. The fourth-order valence-corrected chi connectivity index (χ4v) is 2.54. The van der Waals surface area contributed by atoms with E-state index in [2.05, 4.69) is 20.8 Å². The molecule has 2 rings (SSSR count). The number of hydrogen-bond acceptors (Lipinski definition) is 7. The van der Waals surface area contributed by atoms with Gasteiger partial charge in [-0.2, -0.15) is 5.10 Å². The number of furan rings is 1. The van der Waals surface area contributed by atoms with Crippen molar-refractivity contribution in [2.45, 2.75) is 24.6 Å². The van der Waals surface area contributed by atoms with Crippen LogP contribution in [0, 0.1) is 0 Å². The number of nitrogens with one attached hydrogen (secondary N) is 2. The van der Waals surface area contributed by atoms with Gasteiger partial charge >= 0.3 is 5.97 Å². The summed E-state index contributed by atoms with van der Waals surface area (Å²) in [6.07, 6.45) is 2.73. The maximum Gasteiger partial charge on any atom is 0.325 e. The number of thioether (sulfide) groups is 1. The molecule has 9 nitrogen and oxygen atoms in total. The average Bonchev–Trinajstić information content (AvgIpc) is 3.09. The lowest BCUT2D eigenvalue weighted by Crippen LogP contribution is -2.40. The van der Waals surface area contributed by atoms with E-state index >= 15 is 0 Å². The standard InChI is InChI=1S/C13H14N4O5S/c1-7(12(20)21)15-10(18)5-9-11(19)16-13(23-9)17-14-6-8-3-2-4-22-8/h2-4,6-7,9H,5H2,1H3,(H,15,18)(H,20,21)(H,16,17,19). The zero-order chi connectivity index (χ0) is 16.8. The SMILES string of the molecule is CC(NC(=O)CC1SC(=NN=Cc2ccco2)NC1=O)C(=O)O. The maximum atomic E-state index is 11.8. The van der Waals surface area contributed by atoms with Crippen LogP contribution in [-0.2, 0) is 14.4 Å². The molecule has 2 atom stereocenters. The molecular formula is C13H14N4O5S. The van der Waals surface area contributed by atoms with E-state index in [1.54, 1.807) is 12.1 Å². The molecule has 1 fully saturated rings. The van der Waals surface area contributed by atoms with Crippen molar-refractivity contribution in [2.75, 3.05) is 0 Å². The summed E-state index contributed by atoms with van der Waals surface area (Å²) in [6.45, 7) is 1.35. The highest BCUT2D eigenvalue weighted by atomic mass is 32.2. The summed E-state index contributed by atoms with van der Waals surface area (Å²) < 4.78 is 5.04. The monoisotopic (exact) mass is 338 g/mol. The Morgan fingerprint density at radius 1 is 1.61 bits per heavy atom. The lowest BCUT2D eigenvalue weighted by molar-refractivity contribution is -0.141. The van der Waals surface area contributed by atoms with E-state index in [0.29, 0.717) is 5.76 Å².